The topological polar surface area (TPSA) is 55.4 Å². The van der Waals surface area contributed by atoms with Crippen molar-refractivity contribution in [3.05, 3.63) is 0 Å². The van der Waals surface area contributed by atoms with Crippen LogP contribution in [0, 0.1) is 5.92 Å². The number of rotatable bonds is 5. The second kappa shape index (κ2) is 6.43. The molecule has 0 radical (unpaired) electrons. The summed E-state index contributed by atoms with van der Waals surface area (Å²) in [5.74, 6) is 0.0277. The molecule has 88 valence electrons. The largest absolute Gasteiger partial charge is 0.444 e. The Bertz CT molecular complexity index is 208. The number of amides is 1. The molecule has 0 bridgehead atoms. The highest BCUT2D eigenvalue weighted by Crippen LogP contribution is 2.07. The highest BCUT2D eigenvalue weighted by atomic mass is 16.6. The molecular formula is C11H21NO3. The molecule has 0 heterocycles. The molecule has 1 unspecified atom stereocenters. The zero-order chi connectivity index (χ0) is 11.9. The highest BCUT2D eigenvalue weighted by molar-refractivity contribution is 5.67. The van der Waals surface area contributed by atoms with E-state index in [-0.39, 0.29) is 5.92 Å². The fourth-order valence-electron chi connectivity index (χ4n) is 1.04. The maximum Gasteiger partial charge on any atom is 0.407 e. The molecule has 4 heteroatoms. The zero-order valence-corrected chi connectivity index (χ0v) is 10.0. The van der Waals surface area contributed by atoms with Gasteiger partial charge < -0.3 is 14.8 Å². The Morgan fingerprint density at radius 3 is 2.47 bits per heavy atom. The van der Waals surface area contributed by atoms with Crippen molar-refractivity contribution in [3.8, 4) is 0 Å². The molecule has 0 aromatic carbocycles. The van der Waals surface area contributed by atoms with Crippen LogP contribution < -0.4 is 5.32 Å². The molecule has 0 rings (SSSR count). The molecule has 0 aromatic heterocycles. The van der Waals surface area contributed by atoms with Crippen molar-refractivity contribution in [1.29, 1.82) is 0 Å². The number of hydrogen-bond acceptors (Lipinski definition) is 3. The Balaban J connectivity index is 3.68. The Labute approximate surface area is 91.4 Å². The van der Waals surface area contributed by atoms with Gasteiger partial charge in [0.05, 0.1) is 0 Å². The maximum absolute atomic E-state index is 11.2. The number of alkyl carbamates (subject to hydrolysis) is 1. The molecule has 0 fully saturated rings. The van der Waals surface area contributed by atoms with Crippen LogP contribution in [-0.4, -0.2) is 24.5 Å². The van der Waals surface area contributed by atoms with Gasteiger partial charge in [-0.2, -0.15) is 0 Å². The van der Waals surface area contributed by atoms with Crippen LogP contribution in [-0.2, 0) is 9.53 Å². The summed E-state index contributed by atoms with van der Waals surface area (Å²) in [4.78, 5) is 21.7. The molecular weight excluding hydrogens is 194 g/mol. The molecule has 0 aromatic rings. The van der Waals surface area contributed by atoms with Crippen molar-refractivity contribution in [1.82, 2.24) is 5.32 Å². The molecule has 15 heavy (non-hydrogen) atoms. The molecule has 0 spiro atoms. The first kappa shape index (κ1) is 13.9. The van der Waals surface area contributed by atoms with Crippen LogP contribution in [0.5, 0.6) is 0 Å². The minimum atomic E-state index is -0.473. The van der Waals surface area contributed by atoms with Gasteiger partial charge in [-0.3, -0.25) is 0 Å². The normalized spacial score (nSPS) is 13.1. The summed E-state index contributed by atoms with van der Waals surface area (Å²) in [5.41, 5.74) is -0.473. The molecule has 0 saturated carbocycles. The van der Waals surface area contributed by atoms with E-state index in [1.165, 1.54) is 0 Å². The van der Waals surface area contributed by atoms with Crippen molar-refractivity contribution >= 4 is 12.4 Å². The van der Waals surface area contributed by atoms with E-state index in [0.717, 1.165) is 12.7 Å². The first-order chi connectivity index (χ1) is 6.89. The molecule has 0 aliphatic rings. The summed E-state index contributed by atoms with van der Waals surface area (Å²) in [7, 11) is 0. The summed E-state index contributed by atoms with van der Waals surface area (Å²) in [6.07, 6.45) is 1.97. The molecule has 4 nitrogen and oxygen atoms in total. The highest BCUT2D eigenvalue weighted by Gasteiger charge is 2.15. The predicted molar refractivity (Wildman–Crippen MR) is 58.7 cm³/mol. The standard InChI is InChI=1S/C11H21NO3/c1-5-9(8-13)6-7-12-10(14)15-11(2,3)4/h8-9H,5-7H2,1-4H3,(H,12,14). The third kappa shape index (κ3) is 7.97. The molecule has 1 N–H and O–H groups in total. The van der Waals surface area contributed by atoms with Gasteiger partial charge in [-0.25, -0.2) is 4.79 Å². The van der Waals surface area contributed by atoms with Gasteiger partial charge in [0.25, 0.3) is 0 Å². The molecule has 0 aliphatic carbocycles. The third-order valence-corrected chi connectivity index (χ3v) is 1.90. The quantitative estimate of drug-likeness (QED) is 0.715. The number of ether oxygens (including phenoxy) is 1. The summed E-state index contributed by atoms with van der Waals surface area (Å²) >= 11 is 0. The van der Waals surface area contributed by atoms with Gasteiger partial charge in [-0.05, 0) is 33.6 Å². The molecule has 1 amide bonds. The lowest BCUT2D eigenvalue weighted by Crippen LogP contribution is -2.33. The first-order valence-electron chi connectivity index (χ1n) is 5.31. The van der Waals surface area contributed by atoms with E-state index in [1.807, 2.05) is 27.7 Å². The second-order valence-corrected chi connectivity index (χ2v) is 4.52. The lowest BCUT2D eigenvalue weighted by Gasteiger charge is -2.19. The number of nitrogens with one attached hydrogen (secondary N) is 1. The first-order valence-corrected chi connectivity index (χ1v) is 5.31. The average Bonchev–Trinajstić information content (AvgIpc) is 2.09. The predicted octanol–water partition coefficient (Wildman–Crippen LogP) is 2.13. The zero-order valence-electron chi connectivity index (χ0n) is 10.0. The summed E-state index contributed by atoms with van der Waals surface area (Å²) in [6.45, 7) is 7.87. The van der Waals surface area contributed by atoms with Gasteiger partial charge >= 0.3 is 6.09 Å². The molecule has 0 aliphatic heterocycles. The van der Waals surface area contributed by atoms with Crippen LogP contribution in [0.1, 0.15) is 40.5 Å². The van der Waals surface area contributed by atoms with E-state index < -0.39 is 11.7 Å². The van der Waals surface area contributed by atoms with Gasteiger partial charge in [0.15, 0.2) is 0 Å². The fourth-order valence-corrected chi connectivity index (χ4v) is 1.04. The third-order valence-electron chi connectivity index (χ3n) is 1.90. The van der Waals surface area contributed by atoms with E-state index in [1.54, 1.807) is 0 Å². The second-order valence-electron chi connectivity index (χ2n) is 4.52. The Kier molecular flexibility index (Phi) is 5.97. The van der Waals surface area contributed by atoms with E-state index in [9.17, 15) is 9.59 Å². The maximum atomic E-state index is 11.2. The van der Waals surface area contributed by atoms with Crippen molar-refractivity contribution < 1.29 is 14.3 Å². The lowest BCUT2D eigenvalue weighted by atomic mass is 10.1. The van der Waals surface area contributed by atoms with Crippen molar-refractivity contribution in [2.45, 2.75) is 46.1 Å². The minimum Gasteiger partial charge on any atom is -0.444 e. The fraction of sp³-hybridized carbons (Fsp3) is 0.818. The number of carbonyl (C=O) groups is 2. The van der Waals surface area contributed by atoms with Gasteiger partial charge in [0.2, 0.25) is 0 Å². The SMILES string of the molecule is CCC(C=O)CCNC(=O)OC(C)(C)C. The number of aldehydes is 1. The minimum absolute atomic E-state index is 0.0277. The summed E-state index contributed by atoms with van der Waals surface area (Å²) in [6, 6.07) is 0. The molecule has 1 atom stereocenters. The monoisotopic (exact) mass is 215 g/mol. The van der Waals surface area contributed by atoms with Gasteiger partial charge in [0.1, 0.15) is 11.9 Å². The summed E-state index contributed by atoms with van der Waals surface area (Å²) in [5, 5.41) is 2.62. The Morgan fingerprint density at radius 2 is 2.07 bits per heavy atom. The van der Waals surface area contributed by atoms with Gasteiger partial charge in [-0.1, -0.05) is 6.92 Å². The van der Waals surface area contributed by atoms with Crippen LogP contribution in [0.25, 0.3) is 0 Å². The van der Waals surface area contributed by atoms with Crippen molar-refractivity contribution in [2.24, 2.45) is 5.92 Å². The van der Waals surface area contributed by atoms with Gasteiger partial charge in [0, 0.05) is 12.5 Å². The van der Waals surface area contributed by atoms with Crippen LogP contribution in [0.15, 0.2) is 0 Å². The Hall–Kier alpha value is -1.06. The smallest absolute Gasteiger partial charge is 0.407 e. The Morgan fingerprint density at radius 1 is 1.47 bits per heavy atom. The number of hydrogen-bond donors (Lipinski definition) is 1. The van der Waals surface area contributed by atoms with Crippen LogP contribution in [0.4, 0.5) is 4.79 Å². The van der Waals surface area contributed by atoms with Gasteiger partial charge in [-0.15, -0.1) is 0 Å². The van der Waals surface area contributed by atoms with E-state index in [4.69, 9.17) is 4.74 Å². The lowest BCUT2D eigenvalue weighted by molar-refractivity contribution is -0.111. The van der Waals surface area contributed by atoms with E-state index >= 15 is 0 Å². The molecule has 0 saturated heterocycles. The van der Waals surface area contributed by atoms with E-state index in [2.05, 4.69) is 5.32 Å². The van der Waals surface area contributed by atoms with Crippen LogP contribution >= 0.6 is 0 Å². The van der Waals surface area contributed by atoms with Crippen LogP contribution in [0.2, 0.25) is 0 Å². The summed E-state index contributed by atoms with van der Waals surface area (Å²) < 4.78 is 5.05. The number of carbonyl (C=O) groups excluding carboxylic acids is 2. The van der Waals surface area contributed by atoms with E-state index in [0.29, 0.717) is 13.0 Å². The van der Waals surface area contributed by atoms with Crippen LogP contribution in [0.3, 0.4) is 0 Å². The average molecular weight is 215 g/mol. The van der Waals surface area contributed by atoms with Crippen molar-refractivity contribution in [3.63, 3.8) is 0 Å². The van der Waals surface area contributed by atoms with Crippen molar-refractivity contribution in [2.75, 3.05) is 6.54 Å².